The van der Waals surface area contributed by atoms with E-state index in [1.807, 2.05) is 43.3 Å². The van der Waals surface area contributed by atoms with Gasteiger partial charge in [-0.25, -0.2) is 0 Å². The summed E-state index contributed by atoms with van der Waals surface area (Å²) in [6.07, 6.45) is 8.43. The van der Waals surface area contributed by atoms with Crippen LogP contribution in [0.1, 0.15) is 55.8 Å². The van der Waals surface area contributed by atoms with Gasteiger partial charge >= 0.3 is 0 Å². The van der Waals surface area contributed by atoms with Gasteiger partial charge in [0, 0.05) is 11.3 Å². The smallest absolute Gasteiger partial charge is 0.295 e. The summed E-state index contributed by atoms with van der Waals surface area (Å²) in [6.45, 7) is 4.04. The van der Waals surface area contributed by atoms with Gasteiger partial charge in [0.15, 0.2) is 0 Å². The zero-order valence-corrected chi connectivity index (χ0v) is 23.3. The molecule has 1 aliphatic carbocycles. The molecule has 0 heterocycles. The summed E-state index contributed by atoms with van der Waals surface area (Å²) >= 11 is 0. The van der Waals surface area contributed by atoms with E-state index < -0.39 is 20.2 Å². The fourth-order valence-electron chi connectivity index (χ4n) is 4.69. The summed E-state index contributed by atoms with van der Waals surface area (Å²) < 4.78 is 67.1. The highest BCUT2D eigenvalue weighted by Gasteiger charge is 2.21. The molecule has 204 valence electrons. The van der Waals surface area contributed by atoms with Crippen molar-refractivity contribution in [1.82, 2.24) is 0 Å². The summed E-state index contributed by atoms with van der Waals surface area (Å²) in [7, 11) is -8.78. The lowest BCUT2D eigenvalue weighted by Gasteiger charge is -2.21. The molecule has 1 unspecified atom stereocenters. The average Bonchev–Trinajstić information content (AvgIpc) is 2.92. The molecule has 7 nitrogen and oxygen atoms in total. The van der Waals surface area contributed by atoms with Crippen molar-refractivity contribution in [3.05, 3.63) is 119 Å². The van der Waals surface area contributed by atoms with Crippen molar-refractivity contribution >= 4 is 31.5 Å². The van der Waals surface area contributed by atoms with E-state index in [4.69, 9.17) is 0 Å². The fourth-order valence-corrected chi connectivity index (χ4v) is 5.92. The van der Waals surface area contributed by atoms with Crippen LogP contribution in [0.4, 0.5) is 5.69 Å². The number of allylic oxidation sites excluding steroid dienone is 5. The minimum absolute atomic E-state index is 0.162. The molecule has 0 saturated heterocycles. The van der Waals surface area contributed by atoms with E-state index in [1.165, 1.54) is 23.8 Å². The van der Waals surface area contributed by atoms with Crippen LogP contribution in [0.3, 0.4) is 0 Å². The van der Waals surface area contributed by atoms with E-state index in [0.717, 1.165) is 29.7 Å². The Labute approximate surface area is 230 Å². The normalized spacial score (nSPS) is 15.9. The third-order valence-electron chi connectivity index (χ3n) is 6.70. The molecule has 3 aromatic rings. The molecule has 0 bridgehead atoms. The Morgan fingerprint density at radius 1 is 0.897 bits per heavy atom. The Morgan fingerprint density at radius 3 is 2.26 bits per heavy atom. The maximum Gasteiger partial charge on any atom is 0.295 e. The largest absolute Gasteiger partial charge is 0.378 e. The van der Waals surface area contributed by atoms with Gasteiger partial charge in [-0.2, -0.15) is 16.8 Å². The molecule has 0 amide bonds. The van der Waals surface area contributed by atoms with Crippen molar-refractivity contribution in [2.45, 2.75) is 48.9 Å². The molecule has 3 aromatic carbocycles. The van der Waals surface area contributed by atoms with Gasteiger partial charge in [0.05, 0.1) is 10.9 Å². The molecular formula is C30H31NO6S2. The molecule has 0 radical (unpaired) electrons. The van der Waals surface area contributed by atoms with Gasteiger partial charge in [-0.3, -0.25) is 9.11 Å². The van der Waals surface area contributed by atoms with Crippen LogP contribution in [0, 0.1) is 0 Å². The van der Waals surface area contributed by atoms with E-state index in [-0.39, 0.29) is 15.8 Å². The Hall–Kier alpha value is -3.50. The van der Waals surface area contributed by atoms with Crippen LogP contribution in [0.25, 0.3) is 5.57 Å². The average molecular weight is 566 g/mol. The molecule has 0 aromatic heterocycles. The van der Waals surface area contributed by atoms with Crippen molar-refractivity contribution in [1.29, 1.82) is 0 Å². The highest BCUT2D eigenvalue weighted by atomic mass is 32.2. The van der Waals surface area contributed by atoms with Gasteiger partial charge in [0.1, 0.15) is 4.90 Å². The van der Waals surface area contributed by atoms with Gasteiger partial charge in [0.25, 0.3) is 20.2 Å². The Balaban J connectivity index is 1.76. The number of hydrogen-bond donors (Lipinski definition) is 3. The minimum Gasteiger partial charge on any atom is -0.378 e. The van der Waals surface area contributed by atoms with Crippen LogP contribution in [0.15, 0.2) is 112 Å². The van der Waals surface area contributed by atoms with Gasteiger partial charge < -0.3 is 5.32 Å². The van der Waals surface area contributed by atoms with E-state index >= 15 is 0 Å². The second-order valence-electron chi connectivity index (χ2n) is 9.29. The number of rotatable bonds is 9. The number of nitrogens with one attached hydrogen (secondary N) is 1. The van der Waals surface area contributed by atoms with Gasteiger partial charge in [-0.1, -0.05) is 80.1 Å². The lowest BCUT2D eigenvalue weighted by Crippen LogP contribution is -2.11. The van der Waals surface area contributed by atoms with E-state index in [2.05, 4.69) is 18.3 Å². The molecule has 4 rings (SSSR count). The second-order valence-corrected chi connectivity index (χ2v) is 12.1. The lowest BCUT2D eigenvalue weighted by molar-refractivity contribution is 0.480. The highest BCUT2D eigenvalue weighted by Crippen LogP contribution is 2.36. The van der Waals surface area contributed by atoms with Crippen LogP contribution in [0.5, 0.6) is 0 Å². The van der Waals surface area contributed by atoms with Crippen LogP contribution in [0.2, 0.25) is 0 Å². The van der Waals surface area contributed by atoms with E-state index in [9.17, 15) is 25.9 Å². The third-order valence-corrected chi connectivity index (χ3v) is 8.46. The number of anilines is 1. The highest BCUT2D eigenvalue weighted by molar-refractivity contribution is 7.86. The first-order valence-electron chi connectivity index (χ1n) is 12.6. The predicted molar refractivity (Wildman–Crippen MR) is 154 cm³/mol. The zero-order valence-electron chi connectivity index (χ0n) is 21.7. The molecule has 0 spiro atoms. The fraction of sp³-hybridized carbons (Fsp3) is 0.200. The molecule has 9 heteroatoms. The first kappa shape index (κ1) is 28.5. The second kappa shape index (κ2) is 11.7. The number of benzene rings is 3. The predicted octanol–water partition coefficient (Wildman–Crippen LogP) is 6.84. The van der Waals surface area contributed by atoms with Crippen LogP contribution < -0.4 is 5.32 Å². The van der Waals surface area contributed by atoms with Crippen molar-refractivity contribution in [3.63, 3.8) is 0 Å². The van der Waals surface area contributed by atoms with Crippen molar-refractivity contribution in [2.75, 3.05) is 5.32 Å². The van der Waals surface area contributed by atoms with Gasteiger partial charge in [-0.15, -0.1) is 0 Å². The van der Waals surface area contributed by atoms with Gasteiger partial charge in [0.2, 0.25) is 0 Å². The van der Waals surface area contributed by atoms with Crippen molar-refractivity contribution < 1.29 is 25.9 Å². The van der Waals surface area contributed by atoms with E-state index in [1.54, 1.807) is 30.3 Å². The summed E-state index contributed by atoms with van der Waals surface area (Å²) in [5.41, 5.74) is 5.41. The van der Waals surface area contributed by atoms with Crippen LogP contribution in [-0.4, -0.2) is 25.9 Å². The van der Waals surface area contributed by atoms with Crippen molar-refractivity contribution in [2.24, 2.45) is 0 Å². The molecule has 1 atom stereocenters. The quantitative estimate of drug-likeness (QED) is 0.243. The first-order chi connectivity index (χ1) is 18.5. The maximum atomic E-state index is 12.3. The maximum absolute atomic E-state index is 12.3. The molecular weight excluding hydrogens is 534 g/mol. The molecule has 1 aliphatic rings. The summed E-state index contributed by atoms with van der Waals surface area (Å²) in [6, 6.07) is 19.9. The Bertz CT molecular complexity index is 1670. The summed E-state index contributed by atoms with van der Waals surface area (Å²) in [5.74, 6) is 0. The lowest BCUT2D eigenvalue weighted by atomic mass is 9.88. The van der Waals surface area contributed by atoms with E-state index in [0.29, 0.717) is 23.1 Å². The molecule has 0 fully saturated rings. The number of hydrogen-bond acceptors (Lipinski definition) is 5. The minimum atomic E-state index is -4.47. The first-order valence-corrected chi connectivity index (χ1v) is 15.5. The SMILES string of the molecule is CCC1=CC(=C(c2ccc(NC(CC)c3cccc(S(=O)(=O)O)c3)cc2)c2ccccc2S(=O)(=O)O)C=CC1. The van der Waals surface area contributed by atoms with Gasteiger partial charge in [-0.05, 0) is 71.9 Å². The van der Waals surface area contributed by atoms with Crippen LogP contribution in [-0.2, 0) is 20.2 Å². The van der Waals surface area contributed by atoms with Crippen LogP contribution >= 0.6 is 0 Å². The third kappa shape index (κ3) is 6.75. The molecule has 39 heavy (non-hydrogen) atoms. The Morgan fingerprint density at radius 2 is 1.62 bits per heavy atom. The standard InChI is InChI=1S/C30H31NO6S2/c1-3-21-9-7-11-24(19-21)30(27-13-5-6-14-29(27)39(35,36)37)22-15-17-25(18-16-22)31-28(4-2)23-10-8-12-26(20-23)38(32,33)34/h5-8,10-20,28,31H,3-4,9H2,1-2H3,(H,32,33,34)(H,35,36,37). The Kier molecular flexibility index (Phi) is 8.56. The monoisotopic (exact) mass is 565 g/mol. The zero-order chi connectivity index (χ0) is 28.2. The summed E-state index contributed by atoms with van der Waals surface area (Å²) in [5, 5.41) is 3.41. The topological polar surface area (TPSA) is 121 Å². The summed E-state index contributed by atoms with van der Waals surface area (Å²) in [4.78, 5) is -0.325. The van der Waals surface area contributed by atoms with Crippen molar-refractivity contribution in [3.8, 4) is 0 Å². The molecule has 3 N–H and O–H groups in total. The molecule has 0 saturated carbocycles. The molecule has 0 aliphatic heterocycles.